The van der Waals surface area contributed by atoms with E-state index in [-0.39, 0.29) is 13.2 Å². The van der Waals surface area contributed by atoms with Gasteiger partial charge in [-0.1, -0.05) is 17.7 Å². The maximum atomic E-state index is 13.5. The van der Waals surface area contributed by atoms with Gasteiger partial charge in [0.05, 0.1) is 0 Å². The standard InChI is InChI=1S/C15H15F2NO3S/c1-11-2-5-13(6-3-11)21-9-8-18-22(19,20)15-7-4-12(16)10-14(15)17/h2-7,10,18H,8-9H2,1H3. The van der Waals surface area contributed by atoms with E-state index in [9.17, 15) is 17.2 Å². The first-order valence-corrected chi connectivity index (χ1v) is 8.01. The second-order valence-electron chi connectivity index (χ2n) is 4.63. The van der Waals surface area contributed by atoms with Crippen molar-refractivity contribution in [2.45, 2.75) is 11.8 Å². The molecule has 2 aromatic carbocycles. The summed E-state index contributed by atoms with van der Waals surface area (Å²) in [6.45, 7) is 1.99. The van der Waals surface area contributed by atoms with Gasteiger partial charge in [0.1, 0.15) is 28.9 Å². The van der Waals surface area contributed by atoms with E-state index in [0.717, 1.165) is 17.7 Å². The van der Waals surface area contributed by atoms with Gasteiger partial charge in [0, 0.05) is 12.6 Å². The highest BCUT2D eigenvalue weighted by atomic mass is 32.2. The molecule has 2 aromatic rings. The van der Waals surface area contributed by atoms with Crippen molar-refractivity contribution in [2.24, 2.45) is 0 Å². The fourth-order valence-corrected chi connectivity index (χ4v) is 2.82. The number of nitrogens with one attached hydrogen (secondary N) is 1. The molecule has 0 saturated carbocycles. The second-order valence-corrected chi connectivity index (χ2v) is 6.37. The van der Waals surface area contributed by atoms with Crippen LogP contribution in [0.2, 0.25) is 0 Å². The van der Waals surface area contributed by atoms with Gasteiger partial charge in [-0.3, -0.25) is 0 Å². The van der Waals surface area contributed by atoms with E-state index >= 15 is 0 Å². The Labute approximate surface area is 127 Å². The predicted octanol–water partition coefficient (Wildman–Crippen LogP) is 2.63. The molecular formula is C15H15F2NO3S. The smallest absolute Gasteiger partial charge is 0.243 e. The first kappa shape index (κ1) is 16.4. The maximum Gasteiger partial charge on any atom is 0.243 e. The lowest BCUT2D eigenvalue weighted by atomic mass is 10.2. The fourth-order valence-electron chi connectivity index (χ4n) is 1.75. The van der Waals surface area contributed by atoms with Crippen molar-refractivity contribution in [3.63, 3.8) is 0 Å². The van der Waals surface area contributed by atoms with Crippen LogP contribution in [-0.2, 0) is 10.0 Å². The summed E-state index contributed by atoms with van der Waals surface area (Å²) in [7, 11) is -4.04. The summed E-state index contributed by atoms with van der Waals surface area (Å²) in [6.07, 6.45) is 0. The minimum atomic E-state index is -4.04. The summed E-state index contributed by atoms with van der Waals surface area (Å²) in [5.74, 6) is -1.36. The van der Waals surface area contributed by atoms with Gasteiger partial charge in [-0.2, -0.15) is 0 Å². The molecule has 0 fully saturated rings. The monoisotopic (exact) mass is 327 g/mol. The molecule has 4 nitrogen and oxygen atoms in total. The third-order valence-corrected chi connectivity index (χ3v) is 4.36. The Morgan fingerprint density at radius 2 is 1.77 bits per heavy atom. The minimum Gasteiger partial charge on any atom is -0.492 e. The van der Waals surface area contributed by atoms with Gasteiger partial charge in [0.2, 0.25) is 10.0 Å². The van der Waals surface area contributed by atoms with E-state index in [4.69, 9.17) is 4.74 Å². The summed E-state index contributed by atoms with van der Waals surface area (Å²) < 4.78 is 57.6. The van der Waals surface area contributed by atoms with Crippen LogP contribution in [0, 0.1) is 18.6 Å². The van der Waals surface area contributed by atoms with Crippen LogP contribution in [0.1, 0.15) is 5.56 Å². The summed E-state index contributed by atoms with van der Waals surface area (Å²) >= 11 is 0. The third-order valence-electron chi connectivity index (χ3n) is 2.87. The first-order valence-electron chi connectivity index (χ1n) is 6.53. The summed E-state index contributed by atoms with van der Waals surface area (Å²) in [4.78, 5) is -0.593. The van der Waals surface area contributed by atoms with E-state index < -0.39 is 26.6 Å². The molecule has 7 heteroatoms. The Kier molecular flexibility index (Phi) is 5.10. The minimum absolute atomic E-state index is 0.0347. The number of ether oxygens (including phenoxy) is 1. The van der Waals surface area contributed by atoms with Gasteiger partial charge in [-0.25, -0.2) is 21.9 Å². The highest BCUT2D eigenvalue weighted by molar-refractivity contribution is 7.89. The van der Waals surface area contributed by atoms with E-state index in [2.05, 4.69) is 4.72 Å². The Balaban J connectivity index is 1.91. The Bertz CT molecular complexity index is 746. The normalized spacial score (nSPS) is 11.4. The van der Waals surface area contributed by atoms with Crippen molar-refractivity contribution < 1.29 is 21.9 Å². The van der Waals surface area contributed by atoms with Gasteiger partial charge >= 0.3 is 0 Å². The molecule has 0 aromatic heterocycles. The van der Waals surface area contributed by atoms with Gasteiger partial charge in [0.25, 0.3) is 0 Å². The quantitative estimate of drug-likeness (QED) is 0.830. The molecule has 0 aliphatic carbocycles. The maximum absolute atomic E-state index is 13.5. The summed E-state index contributed by atoms with van der Waals surface area (Å²) in [5, 5.41) is 0. The molecular weight excluding hydrogens is 312 g/mol. The largest absolute Gasteiger partial charge is 0.492 e. The number of halogens is 2. The van der Waals surface area contributed by atoms with Gasteiger partial charge in [-0.05, 0) is 31.2 Å². The van der Waals surface area contributed by atoms with Crippen molar-refractivity contribution in [2.75, 3.05) is 13.2 Å². The highest BCUT2D eigenvalue weighted by Crippen LogP contribution is 2.15. The molecule has 118 valence electrons. The van der Waals surface area contributed by atoms with Crippen LogP contribution in [-0.4, -0.2) is 21.6 Å². The zero-order valence-electron chi connectivity index (χ0n) is 11.8. The SMILES string of the molecule is Cc1ccc(OCCNS(=O)(=O)c2ccc(F)cc2F)cc1. The van der Waals surface area contributed by atoms with Crippen LogP contribution in [0.3, 0.4) is 0 Å². The highest BCUT2D eigenvalue weighted by Gasteiger charge is 2.18. The molecule has 0 saturated heterocycles. The number of rotatable bonds is 6. The van der Waals surface area contributed by atoms with Gasteiger partial charge in [0.15, 0.2) is 0 Å². The van der Waals surface area contributed by atoms with Crippen LogP contribution in [0.15, 0.2) is 47.4 Å². The van der Waals surface area contributed by atoms with E-state index in [1.54, 1.807) is 12.1 Å². The zero-order chi connectivity index (χ0) is 16.2. The number of benzene rings is 2. The molecule has 0 bridgehead atoms. The predicted molar refractivity (Wildman–Crippen MR) is 78.2 cm³/mol. The Morgan fingerprint density at radius 3 is 2.41 bits per heavy atom. The number of hydrogen-bond acceptors (Lipinski definition) is 3. The second kappa shape index (κ2) is 6.85. The molecule has 2 rings (SSSR count). The van der Waals surface area contributed by atoms with Crippen molar-refractivity contribution in [3.8, 4) is 5.75 Å². The van der Waals surface area contributed by atoms with E-state index in [1.807, 2.05) is 19.1 Å². The topological polar surface area (TPSA) is 55.4 Å². The Morgan fingerprint density at radius 1 is 1.09 bits per heavy atom. The average molecular weight is 327 g/mol. The summed E-state index contributed by atoms with van der Waals surface area (Å²) in [5.41, 5.74) is 1.08. The summed E-state index contributed by atoms with van der Waals surface area (Å²) in [6, 6.07) is 9.57. The molecule has 0 radical (unpaired) electrons. The van der Waals surface area contributed by atoms with E-state index in [1.165, 1.54) is 0 Å². The molecule has 0 amide bonds. The van der Waals surface area contributed by atoms with Crippen LogP contribution in [0.4, 0.5) is 8.78 Å². The Hall–Kier alpha value is -1.99. The zero-order valence-corrected chi connectivity index (χ0v) is 12.7. The lowest BCUT2D eigenvalue weighted by Gasteiger charge is -2.09. The fraction of sp³-hybridized carbons (Fsp3) is 0.200. The first-order chi connectivity index (χ1) is 10.4. The molecule has 22 heavy (non-hydrogen) atoms. The lowest BCUT2D eigenvalue weighted by molar-refractivity contribution is 0.322. The van der Waals surface area contributed by atoms with Crippen molar-refractivity contribution >= 4 is 10.0 Å². The van der Waals surface area contributed by atoms with E-state index in [0.29, 0.717) is 11.8 Å². The van der Waals surface area contributed by atoms with Crippen molar-refractivity contribution in [1.29, 1.82) is 0 Å². The molecule has 0 unspecified atom stereocenters. The van der Waals surface area contributed by atoms with Crippen LogP contribution in [0.5, 0.6) is 5.75 Å². The third kappa shape index (κ3) is 4.25. The molecule has 0 atom stereocenters. The van der Waals surface area contributed by atoms with Crippen LogP contribution in [0.25, 0.3) is 0 Å². The van der Waals surface area contributed by atoms with Crippen LogP contribution >= 0.6 is 0 Å². The molecule has 0 heterocycles. The molecule has 0 spiro atoms. The molecule has 0 aliphatic heterocycles. The van der Waals surface area contributed by atoms with Crippen molar-refractivity contribution in [1.82, 2.24) is 4.72 Å². The van der Waals surface area contributed by atoms with Crippen molar-refractivity contribution in [3.05, 3.63) is 59.7 Å². The molecule has 0 aliphatic rings. The average Bonchev–Trinajstić information content (AvgIpc) is 2.45. The lowest BCUT2D eigenvalue weighted by Crippen LogP contribution is -2.29. The van der Waals surface area contributed by atoms with Gasteiger partial charge < -0.3 is 4.74 Å². The number of hydrogen-bond donors (Lipinski definition) is 1. The van der Waals surface area contributed by atoms with Gasteiger partial charge in [-0.15, -0.1) is 0 Å². The molecule has 1 N–H and O–H groups in total. The van der Waals surface area contributed by atoms with Crippen LogP contribution < -0.4 is 9.46 Å². The number of aryl methyl sites for hydroxylation is 1. The number of sulfonamides is 1.